The van der Waals surface area contributed by atoms with Crippen LogP contribution < -0.4 is 5.73 Å². The van der Waals surface area contributed by atoms with Crippen molar-refractivity contribution in [2.24, 2.45) is 5.73 Å². The van der Waals surface area contributed by atoms with Crippen LogP contribution in [-0.4, -0.2) is 23.5 Å². The minimum Gasteiger partial charge on any atom is -0.326 e. The fraction of sp³-hybridized carbons (Fsp3) is 0.312. The van der Waals surface area contributed by atoms with Crippen molar-refractivity contribution in [2.45, 2.75) is 19.5 Å². The van der Waals surface area contributed by atoms with Crippen molar-refractivity contribution in [3.8, 4) is 0 Å². The summed E-state index contributed by atoms with van der Waals surface area (Å²) in [6, 6.07) is 10.7. The molecule has 0 amide bonds. The molecule has 1 aromatic carbocycles. The predicted molar refractivity (Wildman–Crippen MR) is 78.6 cm³/mol. The number of likely N-dealkylation sites (N-methyl/N-ethyl adjacent to an activating group) is 1. The summed E-state index contributed by atoms with van der Waals surface area (Å²) >= 11 is 0. The molecule has 1 aromatic heterocycles. The maximum Gasteiger partial charge on any atom is 0.123 e. The van der Waals surface area contributed by atoms with Crippen LogP contribution in [0.15, 0.2) is 42.6 Å². The summed E-state index contributed by atoms with van der Waals surface area (Å²) in [6.07, 6.45) is 2.68. The number of nitrogens with zero attached hydrogens (tertiary/aromatic N) is 2. The highest BCUT2D eigenvalue weighted by Gasteiger charge is 2.07. The SMILES string of the molecule is CN(CCc1ccccn1)Cc1cc(F)ccc1CN. The molecule has 0 aliphatic rings. The molecule has 20 heavy (non-hydrogen) atoms. The van der Waals surface area contributed by atoms with Crippen LogP contribution in [0.1, 0.15) is 16.8 Å². The molecule has 0 unspecified atom stereocenters. The number of halogens is 1. The lowest BCUT2D eigenvalue weighted by atomic mass is 10.1. The van der Waals surface area contributed by atoms with Crippen molar-refractivity contribution in [2.75, 3.05) is 13.6 Å². The van der Waals surface area contributed by atoms with E-state index in [1.54, 1.807) is 18.3 Å². The Balaban J connectivity index is 1.94. The number of pyridine rings is 1. The average molecular weight is 273 g/mol. The van der Waals surface area contributed by atoms with E-state index in [0.29, 0.717) is 13.1 Å². The molecular weight excluding hydrogens is 253 g/mol. The molecule has 3 nitrogen and oxygen atoms in total. The van der Waals surface area contributed by atoms with E-state index in [-0.39, 0.29) is 5.82 Å². The Morgan fingerprint density at radius 1 is 1.20 bits per heavy atom. The van der Waals surface area contributed by atoms with E-state index in [1.165, 1.54) is 6.07 Å². The molecule has 0 fully saturated rings. The van der Waals surface area contributed by atoms with E-state index < -0.39 is 0 Å². The van der Waals surface area contributed by atoms with Crippen molar-refractivity contribution in [3.05, 3.63) is 65.2 Å². The van der Waals surface area contributed by atoms with Gasteiger partial charge in [-0.2, -0.15) is 0 Å². The highest BCUT2D eigenvalue weighted by molar-refractivity contribution is 5.27. The average Bonchev–Trinajstić information content (AvgIpc) is 2.46. The second kappa shape index (κ2) is 7.12. The number of hydrogen-bond acceptors (Lipinski definition) is 3. The van der Waals surface area contributed by atoms with Gasteiger partial charge in [-0.3, -0.25) is 4.98 Å². The molecular formula is C16H20FN3. The third kappa shape index (κ3) is 4.11. The van der Waals surface area contributed by atoms with Gasteiger partial charge in [-0.05, 0) is 42.4 Å². The van der Waals surface area contributed by atoms with Gasteiger partial charge in [0.1, 0.15) is 5.82 Å². The molecule has 0 atom stereocenters. The minimum absolute atomic E-state index is 0.213. The monoisotopic (exact) mass is 273 g/mol. The molecule has 0 bridgehead atoms. The Hall–Kier alpha value is -1.78. The number of benzene rings is 1. The lowest BCUT2D eigenvalue weighted by Crippen LogP contribution is -2.22. The molecule has 1 heterocycles. The van der Waals surface area contributed by atoms with Crippen LogP contribution in [0.2, 0.25) is 0 Å². The molecule has 0 saturated heterocycles. The summed E-state index contributed by atoms with van der Waals surface area (Å²) in [6.45, 7) is 2.00. The van der Waals surface area contributed by atoms with Gasteiger partial charge < -0.3 is 10.6 Å². The first kappa shape index (κ1) is 14.6. The van der Waals surface area contributed by atoms with Crippen LogP contribution >= 0.6 is 0 Å². The van der Waals surface area contributed by atoms with Gasteiger partial charge in [0.2, 0.25) is 0 Å². The van der Waals surface area contributed by atoms with Gasteiger partial charge in [0.15, 0.2) is 0 Å². The fourth-order valence-electron chi connectivity index (χ4n) is 2.16. The topological polar surface area (TPSA) is 42.2 Å². The molecule has 0 saturated carbocycles. The molecule has 0 spiro atoms. The van der Waals surface area contributed by atoms with Crippen molar-refractivity contribution >= 4 is 0 Å². The predicted octanol–water partition coefficient (Wildman–Crippen LogP) is 2.35. The van der Waals surface area contributed by atoms with E-state index in [1.807, 2.05) is 25.2 Å². The van der Waals surface area contributed by atoms with Gasteiger partial charge in [0.25, 0.3) is 0 Å². The molecule has 0 aliphatic carbocycles. The zero-order valence-corrected chi connectivity index (χ0v) is 11.7. The standard InChI is InChI=1S/C16H20FN3/c1-20(9-7-16-4-2-3-8-19-16)12-14-10-15(17)6-5-13(14)11-18/h2-6,8,10H,7,9,11-12,18H2,1H3. The summed E-state index contributed by atoms with van der Waals surface area (Å²) in [4.78, 5) is 6.45. The normalized spacial score (nSPS) is 11.0. The molecule has 106 valence electrons. The van der Waals surface area contributed by atoms with E-state index in [4.69, 9.17) is 5.73 Å². The van der Waals surface area contributed by atoms with Gasteiger partial charge in [-0.15, -0.1) is 0 Å². The smallest absolute Gasteiger partial charge is 0.123 e. The summed E-state index contributed by atoms with van der Waals surface area (Å²) in [5.74, 6) is -0.213. The number of aromatic nitrogens is 1. The Bertz CT molecular complexity index is 543. The molecule has 2 N–H and O–H groups in total. The Morgan fingerprint density at radius 2 is 2.05 bits per heavy atom. The lowest BCUT2D eigenvalue weighted by molar-refractivity contribution is 0.328. The lowest BCUT2D eigenvalue weighted by Gasteiger charge is -2.18. The van der Waals surface area contributed by atoms with Crippen molar-refractivity contribution in [1.29, 1.82) is 0 Å². The zero-order chi connectivity index (χ0) is 14.4. The van der Waals surface area contributed by atoms with Gasteiger partial charge >= 0.3 is 0 Å². The first-order chi connectivity index (χ1) is 9.69. The van der Waals surface area contributed by atoms with Crippen LogP contribution in [0.5, 0.6) is 0 Å². The summed E-state index contributed by atoms with van der Waals surface area (Å²) in [5.41, 5.74) is 8.71. The molecule has 0 radical (unpaired) electrons. The maximum absolute atomic E-state index is 13.3. The summed E-state index contributed by atoms with van der Waals surface area (Å²) in [5, 5.41) is 0. The van der Waals surface area contributed by atoms with E-state index in [9.17, 15) is 4.39 Å². The largest absolute Gasteiger partial charge is 0.326 e. The van der Waals surface area contributed by atoms with Crippen LogP contribution in [0.3, 0.4) is 0 Å². The summed E-state index contributed by atoms with van der Waals surface area (Å²) in [7, 11) is 2.02. The Morgan fingerprint density at radius 3 is 2.75 bits per heavy atom. The van der Waals surface area contributed by atoms with Crippen LogP contribution in [0.25, 0.3) is 0 Å². The molecule has 2 rings (SSSR count). The highest BCUT2D eigenvalue weighted by atomic mass is 19.1. The van der Waals surface area contributed by atoms with Gasteiger partial charge in [0.05, 0.1) is 0 Å². The van der Waals surface area contributed by atoms with Gasteiger partial charge in [-0.1, -0.05) is 12.1 Å². The van der Waals surface area contributed by atoms with E-state index >= 15 is 0 Å². The quantitative estimate of drug-likeness (QED) is 0.878. The van der Waals surface area contributed by atoms with Crippen molar-refractivity contribution in [1.82, 2.24) is 9.88 Å². The molecule has 0 aliphatic heterocycles. The molecule has 4 heteroatoms. The zero-order valence-electron chi connectivity index (χ0n) is 11.7. The first-order valence-corrected chi connectivity index (χ1v) is 6.75. The number of hydrogen-bond donors (Lipinski definition) is 1. The number of nitrogens with two attached hydrogens (primary N) is 1. The minimum atomic E-state index is -0.213. The van der Waals surface area contributed by atoms with E-state index in [2.05, 4.69) is 9.88 Å². The fourth-order valence-corrected chi connectivity index (χ4v) is 2.16. The third-order valence-corrected chi connectivity index (χ3v) is 3.30. The molecule has 2 aromatic rings. The van der Waals surface area contributed by atoms with Crippen LogP contribution in [0, 0.1) is 5.82 Å². The highest BCUT2D eigenvalue weighted by Crippen LogP contribution is 2.13. The first-order valence-electron chi connectivity index (χ1n) is 6.75. The van der Waals surface area contributed by atoms with E-state index in [0.717, 1.165) is 29.8 Å². The number of rotatable bonds is 6. The Kier molecular flexibility index (Phi) is 5.21. The second-order valence-electron chi connectivity index (χ2n) is 4.93. The third-order valence-electron chi connectivity index (χ3n) is 3.30. The maximum atomic E-state index is 13.3. The van der Waals surface area contributed by atoms with Crippen LogP contribution in [-0.2, 0) is 19.5 Å². The van der Waals surface area contributed by atoms with Gasteiger partial charge in [-0.25, -0.2) is 4.39 Å². The Labute approximate surface area is 119 Å². The van der Waals surface area contributed by atoms with Crippen molar-refractivity contribution < 1.29 is 4.39 Å². The van der Waals surface area contributed by atoms with Crippen molar-refractivity contribution in [3.63, 3.8) is 0 Å². The second-order valence-corrected chi connectivity index (χ2v) is 4.93. The summed E-state index contributed by atoms with van der Waals surface area (Å²) < 4.78 is 13.3. The van der Waals surface area contributed by atoms with Gasteiger partial charge in [0, 0.05) is 37.9 Å². The van der Waals surface area contributed by atoms with Crippen LogP contribution in [0.4, 0.5) is 4.39 Å².